The third kappa shape index (κ3) is 11.8. The van der Waals surface area contributed by atoms with Crippen LogP contribution in [0.5, 0.6) is 11.5 Å². The van der Waals surface area contributed by atoms with Crippen molar-refractivity contribution in [2.75, 3.05) is 63.6 Å². The van der Waals surface area contributed by atoms with E-state index in [0.717, 1.165) is 6.07 Å². The average Bonchev–Trinajstić information content (AvgIpc) is 3.90. The molecule has 2 aliphatic rings. The standard InChI is InChI=1S/C43H55N11O11/c1-26-19-32(53(49-26)24-29-25-63-43(5,6)64-29)39(57)48-40-47-30-20-27(37(44)55)23-34(61-7)36(30)52(40)13-9-8-11-46-35-31(54(59)60)21-28(38(45)56)22-33(35)62-18-10-12-50-14-16-51(17-15-50)41(58)65-42(2,3)4/h8-9,19-23,25,46H,10-18,24H2,1-7H3,(H2,44,55)(H2,45,56)(H,47,48,57)/b9-8+. The predicted octanol–water partition coefficient (Wildman–Crippen LogP) is 4.52. The van der Waals surface area contributed by atoms with Crippen molar-refractivity contribution in [2.24, 2.45) is 11.5 Å². The molecule has 2 aromatic heterocycles. The van der Waals surface area contributed by atoms with Crippen LogP contribution >= 0.6 is 0 Å². The zero-order valence-corrected chi connectivity index (χ0v) is 37.5. The fourth-order valence-electron chi connectivity index (χ4n) is 7.16. The number of fused-ring (bicyclic) bond motifs is 1. The first-order valence-electron chi connectivity index (χ1n) is 20.9. The maximum Gasteiger partial charge on any atom is 0.410 e. The molecule has 6 N–H and O–H groups in total. The fraction of sp³-hybridized carbons (Fsp3) is 0.442. The quantitative estimate of drug-likeness (QED) is 0.0462. The van der Waals surface area contributed by atoms with Crippen molar-refractivity contribution < 1.29 is 47.8 Å². The van der Waals surface area contributed by atoms with Crippen LogP contribution in [0.3, 0.4) is 0 Å². The average molecular weight is 902 g/mol. The van der Waals surface area contributed by atoms with Crippen LogP contribution in [0, 0.1) is 17.0 Å². The molecular formula is C43H55N11O11. The number of carbonyl (C=O) groups is 4. The molecule has 0 aliphatic carbocycles. The fourth-order valence-corrected chi connectivity index (χ4v) is 7.16. The van der Waals surface area contributed by atoms with Gasteiger partial charge in [0, 0.05) is 76.9 Å². The first-order valence-corrected chi connectivity index (χ1v) is 20.9. The molecule has 2 aliphatic heterocycles. The Morgan fingerprint density at radius 1 is 1.00 bits per heavy atom. The van der Waals surface area contributed by atoms with Gasteiger partial charge >= 0.3 is 6.09 Å². The Labute approximate surface area is 374 Å². The molecular weight excluding hydrogens is 847 g/mol. The number of piperazine rings is 1. The van der Waals surface area contributed by atoms with E-state index in [-0.39, 0.29) is 72.3 Å². The lowest BCUT2D eigenvalue weighted by molar-refractivity contribution is -0.384. The van der Waals surface area contributed by atoms with E-state index in [2.05, 4.69) is 25.6 Å². The predicted molar refractivity (Wildman–Crippen MR) is 238 cm³/mol. The van der Waals surface area contributed by atoms with Crippen molar-refractivity contribution in [3.63, 3.8) is 0 Å². The zero-order chi connectivity index (χ0) is 47.2. The minimum absolute atomic E-state index is 0.0399. The number of nitrogens with two attached hydrogens (primary N) is 2. The van der Waals surface area contributed by atoms with Gasteiger partial charge in [0.05, 0.1) is 29.9 Å². The van der Waals surface area contributed by atoms with Gasteiger partial charge in [0.2, 0.25) is 23.5 Å². The molecule has 6 rings (SSSR count). The molecule has 0 unspecified atom stereocenters. The van der Waals surface area contributed by atoms with E-state index in [1.165, 1.54) is 36.3 Å². The van der Waals surface area contributed by atoms with Crippen LogP contribution in [0.15, 0.2) is 54.5 Å². The Hall–Kier alpha value is -7.36. The van der Waals surface area contributed by atoms with Gasteiger partial charge in [-0.05, 0) is 58.4 Å². The number of primary amides is 2. The third-order valence-corrected chi connectivity index (χ3v) is 10.1. The number of rotatable bonds is 18. The van der Waals surface area contributed by atoms with Crippen LogP contribution < -0.4 is 31.6 Å². The summed E-state index contributed by atoms with van der Waals surface area (Å²) < 4.78 is 31.7. The lowest BCUT2D eigenvalue weighted by Gasteiger charge is -2.35. The van der Waals surface area contributed by atoms with Crippen LogP contribution in [0.4, 0.5) is 22.1 Å². The van der Waals surface area contributed by atoms with Crippen molar-refractivity contribution in [3.8, 4) is 11.5 Å². The molecule has 0 radical (unpaired) electrons. The van der Waals surface area contributed by atoms with Gasteiger partial charge in [0.15, 0.2) is 11.4 Å². The van der Waals surface area contributed by atoms with Crippen molar-refractivity contribution in [1.29, 1.82) is 0 Å². The number of imidazole rings is 1. The number of aromatic nitrogens is 4. The highest BCUT2D eigenvalue weighted by atomic mass is 16.7. The van der Waals surface area contributed by atoms with Gasteiger partial charge < -0.3 is 49.9 Å². The number of amides is 4. The van der Waals surface area contributed by atoms with Gasteiger partial charge in [0.1, 0.15) is 41.1 Å². The number of nitrogens with zero attached hydrogens (tertiary/aromatic N) is 7. The number of aryl methyl sites for hydroxylation is 1. The van der Waals surface area contributed by atoms with Gasteiger partial charge in [-0.3, -0.25) is 39.4 Å². The molecule has 1 fully saturated rings. The number of nitro groups is 1. The van der Waals surface area contributed by atoms with E-state index < -0.39 is 39.7 Å². The molecule has 0 saturated carbocycles. The van der Waals surface area contributed by atoms with Gasteiger partial charge in [0.25, 0.3) is 11.6 Å². The molecule has 22 nitrogen and oxygen atoms in total. The van der Waals surface area contributed by atoms with Gasteiger partial charge in [-0.15, -0.1) is 0 Å². The summed E-state index contributed by atoms with van der Waals surface area (Å²) in [6, 6.07) is 7.02. The summed E-state index contributed by atoms with van der Waals surface area (Å²) >= 11 is 0. The Morgan fingerprint density at radius 2 is 1.69 bits per heavy atom. The van der Waals surface area contributed by atoms with E-state index in [1.807, 2.05) is 20.8 Å². The first kappa shape index (κ1) is 47.1. The van der Waals surface area contributed by atoms with Crippen LogP contribution in [0.25, 0.3) is 11.0 Å². The van der Waals surface area contributed by atoms with Crippen molar-refractivity contribution in [3.05, 3.63) is 87.1 Å². The topological polar surface area (TPSA) is 276 Å². The van der Waals surface area contributed by atoms with E-state index in [9.17, 15) is 29.3 Å². The van der Waals surface area contributed by atoms with E-state index in [1.54, 1.807) is 48.5 Å². The number of methoxy groups -OCH3 is 1. The summed E-state index contributed by atoms with van der Waals surface area (Å²) in [5.41, 5.74) is 11.8. The second kappa shape index (κ2) is 19.6. The molecule has 22 heteroatoms. The number of allylic oxidation sites excluding steroid dienone is 2. The number of benzene rings is 2. The van der Waals surface area contributed by atoms with Crippen LogP contribution in [-0.2, 0) is 27.3 Å². The lowest BCUT2D eigenvalue weighted by Crippen LogP contribution is -2.50. The number of nitro benzene ring substituents is 1. The summed E-state index contributed by atoms with van der Waals surface area (Å²) in [7, 11) is 1.42. The molecule has 1 saturated heterocycles. The molecule has 2 aromatic carbocycles. The van der Waals surface area contributed by atoms with Crippen LogP contribution in [-0.4, -0.2) is 122 Å². The van der Waals surface area contributed by atoms with E-state index in [0.29, 0.717) is 61.6 Å². The molecule has 4 heterocycles. The highest BCUT2D eigenvalue weighted by molar-refractivity contribution is 6.04. The minimum Gasteiger partial charge on any atom is -0.494 e. The number of nitrogens with one attached hydrogen (secondary N) is 2. The van der Waals surface area contributed by atoms with Crippen molar-refractivity contribution >= 4 is 52.2 Å². The highest BCUT2D eigenvalue weighted by Crippen LogP contribution is 2.37. The largest absolute Gasteiger partial charge is 0.494 e. The summed E-state index contributed by atoms with van der Waals surface area (Å²) in [5.74, 6) is -2.06. The Kier molecular flexibility index (Phi) is 14.2. The minimum atomic E-state index is -0.862. The summed E-state index contributed by atoms with van der Waals surface area (Å²) in [6.45, 7) is 14.1. The van der Waals surface area contributed by atoms with Crippen LogP contribution in [0.2, 0.25) is 0 Å². The Balaban J connectivity index is 1.17. The van der Waals surface area contributed by atoms with E-state index in [4.69, 9.17) is 35.2 Å². The molecule has 0 bridgehead atoms. The molecule has 0 spiro atoms. The lowest BCUT2D eigenvalue weighted by atomic mass is 10.1. The third-order valence-electron chi connectivity index (χ3n) is 10.1. The second-order valence-electron chi connectivity index (χ2n) is 16.8. The maximum absolute atomic E-state index is 13.9. The van der Waals surface area contributed by atoms with Crippen molar-refractivity contribution in [1.82, 2.24) is 29.1 Å². The van der Waals surface area contributed by atoms with Gasteiger partial charge in [-0.2, -0.15) is 5.10 Å². The maximum atomic E-state index is 13.9. The normalized spacial score (nSPS) is 15.0. The summed E-state index contributed by atoms with van der Waals surface area (Å²) in [5, 5.41) is 22.7. The second-order valence-corrected chi connectivity index (χ2v) is 16.8. The number of carbonyl (C=O) groups excluding carboxylic acids is 4. The van der Waals surface area contributed by atoms with Crippen molar-refractivity contribution in [2.45, 2.75) is 72.4 Å². The number of hydrogen-bond donors (Lipinski definition) is 4. The van der Waals surface area contributed by atoms with Gasteiger partial charge in [-0.1, -0.05) is 12.2 Å². The molecule has 65 heavy (non-hydrogen) atoms. The Bertz CT molecular complexity index is 2530. The molecule has 0 atom stereocenters. The van der Waals surface area contributed by atoms with Crippen LogP contribution in [0.1, 0.15) is 77.9 Å². The van der Waals surface area contributed by atoms with Gasteiger partial charge in [-0.25, -0.2) is 9.78 Å². The molecule has 348 valence electrons. The monoisotopic (exact) mass is 901 g/mol. The number of hydrogen-bond acceptors (Lipinski definition) is 15. The SMILES string of the molecule is COc1cc(C(N)=O)cc2nc(NC(=O)c3cc(C)nn3CC3=COC(C)(C)O3)n(C/C=C/CNc3c(OCCCN4CCN(C(=O)OC(C)(C)C)CC4)cc(C(N)=O)cc3[N+](=O)[O-])c12. The molecule has 4 amide bonds. The summed E-state index contributed by atoms with van der Waals surface area (Å²) in [6.07, 6.45) is 5.11. The zero-order valence-electron chi connectivity index (χ0n) is 37.5. The number of ether oxygens (including phenoxy) is 5. The first-order chi connectivity index (χ1) is 30.7. The smallest absolute Gasteiger partial charge is 0.410 e. The number of anilines is 2. The summed E-state index contributed by atoms with van der Waals surface area (Å²) in [4.78, 5) is 70.9. The molecule has 4 aromatic rings. The van der Waals surface area contributed by atoms with E-state index >= 15 is 0 Å². The Morgan fingerprint density at radius 3 is 2.32 bits per heavy atom. The highest BCUT2D eigenvalue weighted by Gasteiger charge is 2.30.